The summed E-state index contributed by atoms with van der Waals surface area (Å²) < 4.78 is 4.76. The number of methoxy groups -OCH3 is 1. The van der Waals surface area contributed by atoms with Crippen molar-refractivity contribution in [2.75, 3.05) is 25.6 Å². The molecule has 6 heteroatoms. The van der Waals surface area contributed by atoms with Crippen molar-refractivity contribution in [1.82, 2.24) is 0 Å². The summed E-state index contributed by atoms with van der Waals surface area (Å²) in [5, 5.41) is 23.1. The van der Waals surface area contributed by atoms with Gasteiger partial charge in [-0.05, 0) is 18.6 Å². The van der Waals surface area contributed by atoms with E-state index in [0.29, 0.717) is 5.69 Å². The number of rotatable bonds is 6. The molecule has 1 unspecified atom stereocenters. The van der Waals surface area contributed by atoms with Gasteiger partial charge in [0, 0.05) is 19.7 Å². The molecule has 0 fully saturated rings. The summed E-state index contributed by atoms with van der Waals surface area (Å²) in [6, 6.07) is 4.90. The molecule has 0 spiro atoms. The Morgan fingerprint density at radius 3 is 2.88 bits per heavy atom. The van der Waals surface area contributed by atoms with Gasteiger partial charge < -0.3 is 15.2 Å². The molecule has 6 nitrogen and oxygen atoms in total. The summed E-state index contributed by atoms with van der Waals surface area (Å²) in [4.78, 5) is 10.4. The van der Waals surface area contributed by atoms with E-state index < -0.39 is 11.0 Å². The Morgan fingerprint density at radius 2 is 2.29 bits per heavy atom. The monoisotopic (exact) mass is 240 g/mol. The Bertz CT molecular complexity index is 395. The Kier molecular flexibility index (Phi) is 4.86. The molecule has 0 amide bonds. The van der Waals surface area contributed by atoms with E-state index in [-0.39, 0.29) is 18.8 Å². The minimum Gasteiger partial charge on any atom is -0.389 e. The number of aliphatic hydroxyl groups is 1. The number of benzene rings is 1. The lowest BCUT2D eigenvalue weighted by Crippen LogP contribution is -2.24. The first kappa shape index (κ1) is 13.4. The number of aliphatic hydroxyl groups excluding tert-OH is 1. The maximum Gasteiger partial charge on any atom is 0.292 e. The third kappa shape index (κ3) is 4.01. The second-order valence-electron chi connectivity index (χ2n) is 3.77. The van der Waals surface area contributed by atoms with E-state index in [1.807, 2.05) is 0 Å². The van der Waals surface area contributed by atoms with Crippen molar-refractivity contribution >= 4 is 11.4 Å². The zero-order chi connectivity index (χ0) is 12.8. The van der Waals surface area contributed by atoms with Gasteiger partial charge in [-0.25, -0.2) is 0 Å². The number of nitrogens with zero attached hydrogens (tertiary/aromatic N) is 1. The van der Waals surface area contributed by atoms with Gasteiger partial charge in [-0.3, -0.25) is 10.1 Å². The molecule has 1 rings (SSSR count). The van der Waals surface area contributed by atoms with E-state index in [2.05, 4.69) is 5.32 Å². The SMILES string of the molecule is COCC(O)CNc1ccc(C)cc1[N+](=O)[O-]. The van der Waals surface area contributed by atoms with Gasteiger partial charge in [-0.15, -0.1) is 0 Å². The average Bonchev–Trinajstić information content (AvgIpc) is 2.27. The highest BCUT2D eigenvalue weighted by molar-refractivity contribution is 5.62. The number of hydrogen-bond donors (Lipinski definition) is 2. The van der Waals surface area contributed by atoms with Crippen molar-refractivity contribution < 1.29 is 14.8 Å². The van der Waals surface area contributed by atoms with E-state index >= 15 is 0 Å². The molecule has 1 aromatic rings. The fourth-order valence-corrected chi connectivity index (χ4v) is 1.42. The summed E-state index contributed by atoms with van der Waals surface area (Å²) in [6.45, 7) is 2.18. The van der Waals surface area contributed by atoms with Crippen molar-refractivity contribution in [2.45, 2.75) is 13.0 Å². The molecule has 0 aromatic heterocycles. The minimum absolute atomic E-state index is 0.00890. The summed E-state index contributed by atoms with van der Waals surface area (Å²) in [5.41, 5.74) is 1.23. The van der Waals surface area contributed by atoms with Gasteiger partial charge in [0.25, 0.3) is 5.69 Å². The van der Waals surface area contributed by atoms with Crippen LogP contribution in [-0.4, -0.2) is 36.4 Å². The predicted molar refractivity (Wildman–Crippen MR) is 64.2 cm³/mol. The van der Waals surface area contributed by atoms with E-state index in [4.69, 9.17) is 4.74 Å². The Morgan fingerprint density at radius 1 is 1.59 bits per heavy atom. The van der Waals surface area contributed by atoms with E-state index in [1.54, 1.807) is 19.1 Å². The standard InChI is InChI=1S/C11H16N2O4/c1-8-3-4-10(11(5-8)13(15)16)12-6-9(14)7-17-2/h3-5,9,12,14H,6-7H2,1-2H3. The van der Waals surface area contributed by atoms with Crippen LogP contribution >= 0.6 is 0 Å². The van der Waals surface area contributed by atoms with E-state index in [0.717, 1.165) is 5.56 Å². The molecule has 0 radical (unpaired) electrons. The first-order valence-electron chi connectivity index (χ1n) is 5.20. The van der Waals surface area contributed by atoms with Crippen LogP contribution in [0, 0.1) is 17.0 Å². The number of anilines is 1. The van der Waals surface area contributed by atoms with Crippen LogP contribution in [0.5, 0.6) is 0 Å². The van der Waals surface area contributed by atoms with Gasteiger partial charge in [-0.2, -0.15) is 0 Å². The fraction of sp³-hybridized carbons (Fsp3) is 0.455. The summed E-state index contributed by atoms with van der Waals surface area (Å²) in [5.74, 6) is 0. The third-order valence-corrected chi connectivity index (χ3v) is 2.24. The van der Waals surface area contributed by atoms with Crippen molar-refractivity contribution in [3.8, 4) is 0 Å². The largest absolute Gasteiger partial charge is 0.389 e. The predicted octanol–water partition coefficient (Wildman–Crippen LogP) is 1.32. The molecule has 1 atom stereocenters. The number of nitro benzene ring substituents is 1. The summed E-state index contributed by atoms with van der Waals surface area (Å²) >= 11 is 0. The molecular formula is C11H16N2O4. The molecular weight excluding hydrogens is 224 g/mol. The van der Waals surface area contributed by atoms with Crippen molar-refractivity contribution in [3.05, 3.63) is 33.9 Å². The summed E-state index contributed by atoms with van der Waals surface area (Å²) in [6.07, 6.45) is -0.694. The molecule has 0 aliphatic rings. The first-order valence-corrected chi connectivity index (χ1v) is 5.20. The third-order valence-electron chi connectivity index (χ3n) is 2.24. The lowest BCUT2D eigenvalue weighted by molar-refractivity contribution is -0.384. The zero-order valence-corrected chi connectivity index (χ0v) is 9.84. The van der Waals surface area contributed by atoms with E-state index in [1.165, 1.54) is 13.2 Å². The van der Waals surface area contributed by atoms with Crippen LogP contribution in [0.1, 0.15) is 5.56 Å². The second kappa shape index (κ2) is 6.17. The van der Waals surface area contributed by atoms with Gasteiger partial charge in [0.15, 0.2) is 0 Å². The second-order valence-corrected chi connectivity index (χ2v) is 3.77. The topological polar surface area (TPSA) is 84.6 Å². The molecule has 0 aliphatic heterocycles. The van der Waals surface area contributed by atoms with Gasteiger partial charge >= 0.3 is 0 Å². The smallest absolute Gasteiger partial charge is 0.292 e. The number of aryl methyl sites for hydroxylation is 1. The molecule has 0 saturated heterocycles. The highest BCUT2D eigenvalue weighted by Crippen LogP contribution is 2.25. The van der Waals surface area contributed by atoms with Crippen LogP contribution in [0.4, 0.5) is 11.4 Å². The maximum absolute atomic E-state index is 10.8. The number of ether oxygens (including phenoxy) is 1. The molecule has 2 N–H and O–H groups in total. The fourth-order valence-electron chi connectivity index (χ4n) is 1.42. The normalized spacial score (nSPS) is 12.2. The number of hydrogen-bond acceptors (Lipinski definition) is 5. The highest BCUT2D eigenvalue weighted by atomic mass is 16.6. The minimum atomic E-state index is -0.694. The van der Waals surface area contributed by atoms with Crippen molar-refractivity contribution in [2.24, 2.45) is 0 Å². The average molecular weight is 240 g/mol. The Hall–Kier alpha value is -1.66. The highest BCUT2D eigenvalue weighted by Gasteiger charge is 2.14. The van der Waals surface area contributed by atoms with E-state index in [9.17, 15) is 15.2 Å². The lowest BCUT2D eigenvalue weighted by atomic mass is 10.2. The van der Waals surface area contributed by atoms with Crippen molar-refractivity contribution in [1.29, 1.82) is 0 Å². The van der Waals surface area contributed by atoms with Crippen LogP contribution in [0.15, 0.2) is 18.2 Å². The van der Waals surface area contributed by atoms with Gasteiger partial charge in [0.05, 0.1) is 17.6 Å². The first-order chi connectivity index (χ1) is 8.04. The summed E-state index contributed by atoms with van der Waals surface area (Å²) in [7, 11) is 1.48. The van der Waals surface area contributed by atoms with Crippen LogP contribution in [0.2, 0.25) is 0 Å². The number of nitrogens with one attached hydrogen (secondary N) is 1. The van der Waals surface area contributed by atoms with Crippen molar-refractivity contribution in [3.63, 3.8) is 0 Å². The molecule has 0 aliphatic carbocycles. The van der Waals surface area contributed by atoms with Gasteiger partial charge in [-0.1, -0.05) is 6.07 Å². The quantitative estimate of drug-likeness (QED) is 0.578. The van der Waals surface area contributed by atoms with Crippen LogP contribution in [0.3, 0.4) is 0 Å². The molecule has 94 valence electrons. The lowest BCUT2D eigenvalue weighted by Gasteiger charge is -2.12. The van der Waals surface area contributed by atoms with Crippen LogP contribution in [-0.2, 0) is 4.74 Å². The molecule has 17 heavy (non-hydrogen) atoms. The van der Waals surface area contributed by atoms with Gasteiger partial charge in [0.1, 0.15) is 5.69 Å². The molecule has 0 bridgehead atoms. The maximum atomic E-state index is 10.8. The molecule has 0 saturated carbocycles. The van der Waals surface area contributed by atoms with Crippen LogP contribution in [0.25, 0.3) is 0 Å². The zero-order valence-electron chi connectivity index (χ0n) is 9.84. The van der Waals surface area contributed by atoms with Crippen LogP contribution < -0.4 is 5.32 Å². The molecule has 1 aromatic carbocycles. The van der Waals surface area contributed by atoms with Gasteiger partial charge in [0.2, 0.25) is 0 Å². The Balaban J connectivity index is 2.73. The Labute approximate surface area is 99.4 Å². The molecule has 0 heterocycles. The number of nitro groups is 1.